The van der Waals surface area contributed by atoms with Gasteiger partial charge in [0.2, 0.25) is 5.91 Å². The van der Waals surface area contributed by atoms with Crippen molar-refractivity contribution < 1.29 is 14.3 Å². The summed E-state index contributed by atoms with van der Waals surface area (Å²) in [6.07, 6.45) is -0.284. The van der Waals surface area contributed by atoms with Crippen molar-refractivity contribution >= 4 is 17.7 Å². The van der Waals surface area contributed by atoms with Gasteiger partial charge in [-0.1, -0.05) is 12.1 Å². The fourth-order valence-corrected chi connectivity index (χ4v) is 1.56. The Morgan fingerprint density at radius 2 is 2.00 bits per heavy atom. The first kappa shape index (κ1) is 15.0. The molecule has 0 aliphatic carbocycles. The predicted molar refractivity (Wildman–Crippen MR) is 74.2 cm³/mol. The summed E-state index contributed by atoms with van der Waals surface area (Å²) in [4.78, 5) is 22.7. The number of hydrogen-bond donors (Lipinski definition) is 2. The minimum Gasteiger partial charge on any atom is -0.450 e. The van der Waals surface area contributed by atoms with Crippen molar-refractivity contribution in [2.75, 3.05) is 18.5 Å². The SMILES string of the molecule is CCOC(=O)NCCC(=O)Nc1cccc(C)c1C. The second kappa shape index (κ2) is 7.41. The van der Waals surface area contributed by atoms with Gasteiger partial charge in [0.1, 0.15) is 0 Å². The van der Waals surface area contributed by atoms with Crippen LogP contribution in [0.15, 0.2) is 18.2 Å². The van der Waals surface area contributed by atoms with Gasteiger partial charge in [-0.2, -0.15) is 0 Å². The topological polar surface area (TPSA) is 67.4 Å². The van der Waals surface area contributed by atoms with Crippen LogP contribution in [-0.4, -0.2) is 25.2 Å². The summed E-state index contributed by atoms with van der Waals surface area (Å²) < 4.78 is 4.70. The molecule has 5 nitrogen and oxygen atoms in total. The molecule has 0 aliphatic heterocycles. The van der Waals surface area contributed by atoms with E-state index < -0.39 is 6.09 Å². The zero-order valence-corrected chi connectivity index (χ0v) is 11.6. The molecule has 0 atom stereocenters. The molecule has 0 bridgehead atoms. The van der Waals surface area contributed by atoms with Crippen LogP contribution < -0.4 is 10.6 Å². The maximum absolute atomic E-state index is 11.7. The van der Waals surface area contributed by atoms with E-state index in [1.807, 2.05) is 32.0 Å². The maximum Gasteiger partial charge on any atom is 0.407 e. The number of alkyl carbamates (subject to hydrolysis) is 1. The molecule has 0 saturated heterocycles. The van der Waals surface area contributed by atoms with Crippen LogP contribution in [0, 0.1) is 13.8 Å². The van der Waals surface area contributed by atoms with E-state index in [2.05, 4.69) is 10.6 Å². The lowest BCUT2D eigenvalue weighted by Gasteiger charge is -2.10. The van der Waals surface area contributed by atoms with Gasteiger partial charge in [-0.05, 0) is 38.0 Å². The van der Waals surface area contributed by atoms with Crippen LogP contribution in [0.5, 0.6) is 0 Å². The van der Waals surface area contributed by atoms with Crippen LogP contribution >= 0.6 is 0 Å². The third-order valence-electron chi connectivity index (χ3n) is 2.78. The Morgan fingerprint density at radius 1 is 1.26 bits per heavy atom. The lowest BCUT2D eigenvalue weighted by atomic mass is 10.1. The van der Waals surface area contributed by atoms with E-state index in [1.165, 1.54) is 0 Å². The smallest absolute Gasteiger partial charge is 0.407 e. The summed E-state index contributed by atoms with van der Waals surface area (Å²) in [5.74, 6) is -0.134. The van der Waals surface area contributed by atoms with Gasteiger partial charge < -0.3 is 15.4 Å². The Labute approximate surface area is 113 Å². The van der Waals surface area contributed by atoms with E-state index in [4.69, 9.17) is 4.74 Å². The molecule has 0 fully saturated rings. The van der Waals surface area contributed by atoms with Gasteiger partial charge in [0.15, 0.2) is 0 Å². The minimum atomic E-state index is -0.498. The number of nitrogens with one attached hydrogen (secondary N) is 2. The summed E-state index contributed by atoms with van der Waals surface area (Å²) in [5, 5.41) is 5.33. The number of benzene rings is 1. The molecule has 1 aromatic carbocycles. The number of rotatable bonds is 5. The first-order chi connectivity index (χ1) is 9.04. The fraction of sp³-hybridized carbons (Fsp3) is 0.429. The van der Waals surface area contributed by atoms with Crippen molar-refractivity contribution in [1.82, 2.24) is 5.32 Å². The van der Waals surface area contributed by atoms with E-state index in [1.54, 1.807) is 6.92 Å². The van der Waals surface area contributed by atoms with Gasteiger partial charge in [-0.3, -0.25) is 4.79 Å². The van der Waals surface area contributed by atoms with Gasteiger partial charge in [-0.25, -0.2) is 4.79 Å². The van der Waals surface area contributed by atoms with Crippen LogP contribution in [0.3, 0.4) is 0 Å². The lowest BCUT2D eigenvalue weighted by Crippen LogP contribution is -2.28. The molecule has 0 saturated carbocycles. The first-order valence-corrected chi connectivity index (χ1v) is 6.31. The van der Waals surface area contributed by atoms with Crippen LogP contribution in [0.2, 0.25) is 0 Å². The molecular formula is C14H20N2O3. The molecule has 0 radical (unpaired) electrons. The summed E-state index contributed by atoms with van der Waals surface area (Å²) in [7, 11) is 0. The van der Waals surface area contributed by atoms with Crippen molar-refractivity contribution in [1.29, 1.82) is 0 Å². The van der Waals surface area contributed by atoms with Crippen molar-refractivity contribution in [3.05, 3.63) is 29.3 Å². The summed E-state index contributed by atoms with van der Waals surface area (Å²) in [6.45, 7) is 6.26. The first-order valence-electron chi connectivity index (χ1n) is 6.31. The van der Waals surface area contributed by atoms with Crippen LogP contribution in [0.1, 0.15) is 24.5 Å². The lowest BCUT2D eigenvalue weighted by molar-refractivity contribution is -0.116. The summed E-state index contributed by atoms with van der Waals surface area (Å²) >= 11 is 0. The molecule has 0 aliphatic rings. The third kappa shape index (κ3) is 4.99. The largest absolute Gasteiger partial charge is 0.450 e. The molecule has 104 valence electrons. The molecule has 1 aromatic rings. The number of carbonyl (C=O) groups is 2. The van der Waals surface area contributed by atoms with Crippen molar-refractivity contribution in [2.45, 2.75) is 27.2 Å². The minimum absolute atomic E-state index is 0.134. The van der Waals surface area contributed by atoms with E-state index in [9.17, 15) is 9.59 Å². The van der Waals surface area contributed by atoms with Crippen molar-refractivity contribution in [3.8, 4) is 0 Å². The van der Waals surface area contributed by atoms with Crippen molar-refractivity contribution in [3.63, 3.8) is 0 Å². The number of hydrogen-bond acceptors (Lipinski definition) is 3. The second-order valence-corrected chi connectivity index (χ2v) is 4.19. The molecule has 1 rings (SSSR count). The Morgan fingerprint density at radius 3 is 2.68 bits per heavy atom. The Hall–Kier alpha value is -2.04. The number of anilines is 1. The summed E-state index contributed by atoms with van der Waals surface area (Å²) in [6, 6.07) is 5.75. The molecule has 19 heavy (non-hydrogen) atoms. The molecule has 0 aromatic heterocycles. The van der Waals surface area contributed by atoms with Gasteiger partial charge in [0.05, 0.1) is 6.61 Å². The number of ether oxygens (including phenoxy) is 1. The van der Waals surface area contributed by atoms with Gasteiger partial charge >= 0.3 is 6.09 Å². The number of aryl methyl sites for hydroxylation is 1. The molecule has 0 heterocycles. The normalized spacial score (nSPS) is 9.84. The third-order valence-corrected chi connectivity index (χ3v) is 2.78. The fourth-order valence-electron chi connectivity index (χ4n) is 1.56. The average molecular weight is 264 g/mol. The predicted octanol–water partition coefficient (Wildman–Crippen LogP) is 2.38. The van der Waals surface area contributed by atoms with E-state index >= 15 is 0 Å². The second-order valence-electron chi connectivity index (χ2n) is 4.19. The zero-order valence-electron chi connectivity index (χ0n) is 11.6. The highest BCUT2D eigenvalue weighted by Gasteiger charge is 2.07. The quantitative estimate of drug-likeness (QED) is 0.858. The molecule has 0 unspecified atom stereocenters. The Kier molecular flexibility index (Phi) is 5.85. The number of carbonyl (C=O) groups excluding carboxylic acids is 2. The monoisotopic (exact) mass is 264 g/mol. The zero-order chi connectivity index (χ0) is 14.3. The highest BCUT2D eigenvalue weighted by molar-refractivity contribution is 5.91. The standard InChI is InChI=1S/C14H20N2O3/c1-4-19-14(18)15-9-8-13(17)16-12-7-5-6-10(2)11(12)3/h5-7H,4,8-9H2,1-3H3,(H,15,18)(H,16,17). The van der Waals surface area contributed by atoms with Crippen LogP contribution in [-0.2, 0) is 9.53 Å². The number of amides is 2. The molecule has 2 N–H and O–H groups in total. The van der Waals surface area contributed by atoms with E-state index in [-0.39, 0.29) is 18.9 Å². The molecule has 5 heteroatoms. The highest BCUT2D eigenvalue weighted by atomic mass is 16.5. The maximum atomic E-state index is 11.7. The van der Waals surface area contributed by atoms with Crippen LogP contribution in [0.4, 0.5) is 10.5 Å². The average Bonchev–Trinajstić information content (AvgIpc) is 2.35. The van der Waals surface area contributed by atoms with Gasteiger partial charge in [0, 0.05) is 18.7 Å². The van der Waals surface area contributed by atoms with Gasteiger partial charge in [-0.15, -0.1) is 0 Å². The van der Waals surface area contributed by atoms with E-state index in [0.717, 1.165) is 16.8 Å². The van der Waals surface area contributed by atoms with Crippen LogP contribution in [0.25, 0.3) is 0 Å². The Balaban J connectivity index is 2.39. The van der Waals surface area contributed by atoms with Crippen molar-refractivity contribution in [2.24, 2.45) is 0 Å². The Bertz CT molecular complexity index is 458. The van der Waals surface area contributed by atoms with Gasteiger partial charge in [0.25, 0.3) is 0 Å². The molecular weight excluding hydrogens is 244 g/mol. The molecule has 2 amide bonds. The highest BCUT2D eigenvalue weighted by Crippen LogP contribution is 2.17. The molecule has 0 spiro atoms. The van der Waals surface area contributed by atoms with E-state index in [0.29, 0.717) is 6.61 Å². The summed E-state index contributed by atoms with van der Waals surface area (Å²) in [5.41, 5.74) is 2.98.